The molecule has 0 aliphatic heterocycles. The molecule has 0 fully saturated rings. The molecule has 8 aromatic rings. The van der Waals surface area contributed by atoms with Gasteiger partial charge in [-0.15, -0.1) is 0 Å². The Morgan fingerprint density at radius 3 is 1.38 bits per heavy atom. The lowest BCUT2D eigenvalue weighted by molar-refractivity contribution is -0.384. The number of nitrogens with zero attached hydrogens (tertiary/aromatic N) is 3. The number of hydrogen-bond donors (Lipinski definition) is 1. The highest BCUT2D eigenvalue weighted by molar-refractivity contribution is 7.92. The van der Waals surface area contributed by atoms with Gasteiger partial charge in [0.25, 0.3) is 5.69 Å². The highest BCUT2D eigenvalue weighted by Crippen LogP contribution is 2.44. The Labute approximate surface area is 391 Å². The SMILES string of the molecule is CCC(=O)c1c(-c2ccc(F)cc2)oc2cc(N(C)S(C)(=O)=O)c(-c3cccc(N)c3)cc12.CCC(=O)c1c(-c2ccc(F)cc2)oc2cc(N(C)S(C)(=O)=O)c(-c3cccc([N+](=O)[O-])c3)cc12.[HH]. The van der Waals surface area contributed by atoms with Crippen LogP contribution in [-0.4, -0.2) is 59.9 Å². The first kappa shape index (κ1) is 48.2. The number of hydrogen-bond acceptors (Lipinski definition) is 11. The van der Waals surface area contributed by atoms with Crippen LogP contribution in [0.4, 0.5) is 31.5 Å². The van der Waals surface area contributed by atoms with Crippen LogP contribution in [0.2, 0.25) is 0 Å². The standard InChI is InChI=1S/C25H21FN2O6S.C25H23FN2O4S.H2/c1-4-22(29)24-20-13-19(16-6-5-7-18(12-16)28(30)31)21(27(2)35(3,32)33)14-23(20)34-25(24)15-8-10-17(26)11-9-15;1-4-22(29)24-20-13-19(16-6-5-7-18(27)12-16)21(28(2)33(3,30)31)14-23(20)32-25(24)15-8-10-17(26)11-9-15;/h5-14H,4H2,1-3H3;5-14H,4,27H2,1-3H3;1H. The molecule has 2 heterocycles. The minimum absolute atomic E-state index is 0. The topological polar surface area (TPSA) is 204 Å². The maximum absolute atomic E-state index is 13.5. The Balaban J connectivity index is 0.000000224. The van der Waals surface area contributed by atoms with Crippen molar-refractivity contribution in [2.75, 3.05) is 41.0 Å². The Bertz CT molecular complexity index is 3520. The second-order valence-electron chi connectivity index (χ2n) is 15.8. The van der Waals surface area contributed by atoms with E-state index < -0.39 is 36.6 Å². The molecular formula is C50H46F2N4O10S2. The van der Waals surface area contributed by atoms with Crippen molar-refractivity contribution >= 4 is 76.3 Å². The van der Waals surface area contributed by atoms with Crippen LogP contribution >= 0.6 is 0 Å². The second-order valence-corrected chi connectivity index (χ2v) is 19.8. The lowest BCUT2D eigenvalue weighted by Crippen LogP contribution is -2.25. The van der Waals surface area contributed by atoms with Crippen molar-refractivity contribution in [1.29, 1.82) is 0 Å². The number of nitro groups is 1. The number of carbonyl (C=O) groups excluding carboxylic acids is 2. The number of non-ortho nitro benzene ring substituents is 1. The highest BCUT2D eigenvalue weighted by atomic mass is 32.2. The molecule has 0 saturated heterocycles. The number of sulfonamides is 2. The van der Waals surface area contributed by atoms with E-state index in [4.69, 9.17) is 14.6 Å². The molecule has 352 valence electrons. The summed E-state index contributed by atoms with van der Waals surface area (Å²) in [5, 5.41) is 12.3. The number of benzene rings is 6. The average Bonchev–Trinajstić information content (AvgIpc) is 3.88. The fourth-order valence-electron chi connectivity index (χ4n) is 7.61. The predicted octanol–water partition coefficient (Wildman–Crippen LogP) is 11.5. The van der Waals surface area contributed by atoms with Gasteiger partial charge in [-0.25, -0.2) is 25.6 Å². The van der Waals surface area contributed by atoms with Crippen LogP contribution in [-0.2, 0) is 20.0 Å². The Morgan fingerprint density at radius 1 is 0.618 bits per heavy atom. The summed E-state index contributed by atoms with van der Waals surface area (Å²) in [5.41, 5.74) is 11.2. The van der Waals surface area contributed by atoms with E-state index in [1.807, 2.05) is 6.07 Å². The highest BCUT2D eigenvalue weighted by Gasteiger charge is 2.28. The monoisotopic (exact) mass is 964 g/mol. The smallest absolute Gasteiger partial charge is 0.270 e. The lowest BCUT2D eigenvalue weighted by Gasteiger charge is -2.21. The predicted molar refractivity (Wildman–Crippen MR) is 263 cm³/mol. The Hall–Kier alpha value is -7.70. The molecule has 0 bridgehead atoms. The third kappa shape index (κ3) is 9.72. The number of carbonyl (C=O) groups is 2. The zero-order valence-electron chi connectivity index (χ0n) is 37.5. The van der Waals surface area contributed by atoms with Crippen molar-refractivity contribution in [1.82, 2.24) is 0 Å². The zero-order chi connectivity index (χ0) is 49.4. The van der Waals surface area contributed by atoms with E-state index in [-0.39, 0.29) is 54.1 Å². The Kier molecular flexibility index (Phi) is 13.4. The van der Waals surface area contributed by atoms with E-state index in [1.165, 1.54) is 74.8 Å². The first-order valence-corrected chi connectivity index (χ1v) is 24.6. The maximum Gasteiger partial charge on any atom is 0.270 e. The van der Waals surface area contributed by atoms with Crippen LogP contribution in [0, 0.1) is 21.7 Å². The molecular weight excluding hydrogens is 919 g/mol. The van der Waals surface area contributed by atoms with Gasteiger partial charge in [0.05, 0.1) is 39.9 Å². The number of anilines is 3. The molecule has 0 aliphatic rings. The number of nitrogen functional groups attached to an aromatic ring is 1. The molecule has 0 saturated carbocycles. The van der Waals surface area contributed by atoms with Crippen LogP contribution < -0.4 is 14.3 Å². The third-order valence-corrected chi connectivity index (χ3v) is 13.6. The summed E-state index contributed by atoms with van der Waals surface area (Å²) >= 11 is 0. The largest absolute Gasteiger partial charge is 0.455 e. The molecule has 68 heavy (non-hydrogen) atoms. The molecule has 0 radical (unpaired) electrons. The van der Waals surface area contributed by atoms with Gasteiger partial charge in [0, 0.05) is 91.3 Å². The van der Waals surface area contributed by atoms with Crippen molar-refractivity contribution < 1.29 is 50.4 Å². The number of ketones is 2. The summed E-state index contributed by atoms with van der Waals surface area (Å²) in [7, 11) is -4.50. The van der Waals surface area contributed by atoms with E-state index >= 15 is 0 Å². The lowest BCUT2D eigenvalue weighted by atomic mass is 9.96. The number of fused-ring (bicyclic) bond motifs is 2. The molecule has 2 aromatic heterocycles. The number of rotatable bonds is 13. The van der Waals surface area contributed by atoms with Crippen LogP contribution in [0.5, 0.6) is 0 Å². The molecule has 2 N–H and O–H groups in total. The van der Waals surface area contributed by atoms with Crippen molar-refractivity contribution in [3.05, 3.63) is 154 Å². The minimum Gasteiger partial charge on any atom is -0.455 e. The molecule has 0 unspecified atom stereocenters. The first-order chi connectivity index (χ1) is 32.1. The van der Waals surface area contributed by atoms with Crippen molar-refractivity contribution in [3.8, 4) is 44.9 Å². The van der Waals surface area contributed by atoms with Gasteiger partial charge in [0.2, 0.25) is 20.0 Å². The fraction of sp³-hybridized carbons (Fsp3) is 0.160. The molecule has 0 aliphatic carbocycles. The number of nitro benzene ring substituents is 1. The minimum atomic E-state index is -3.71. The summed E-state index contributed by atoms with van der Waals surface area (Å²) in [5.74, 6) is -0.670. The number of furan rings is 2. The van der Waals surface area contributed by atoms with Crippen molar-refractivity contribution in [3.63, 3.8) is 0 Å². The van der Waals surface area contributed by atoms with E-state index in [2.05, 4.69) is 0 Å². The van der Waals surface area contributed by atoms with E-state index in [9.17, 15) is 45.3 Å². The van der Waals surface area contributed by atoms with Gasteiger partial charge in [0.1, 0.15) is 34.3 Å². The second kappa shape index (κ2) is 18.9. The zero-order valence-corrected chi connectivity index (χ0v) is 39.2. The number of halogens is 2. The first-order valence-electron chi connectivity index (χ1n) is 20.9. The van der Waals surface area contributed by atoms with Crippen LogP contribution in [0.15, 0.2) is 130 Å². The molecule has 0 atom stereocenters. The van der Waals surface area contributed by atoms with Gasteiger partial charge in [-0.2, -0.15) is 0 Å². The maximum atomic E-state index is 13.5. The molecule has 18 heteroatoms. The number of Topliss-reactive ketones (excluding diaryl/α,β-unsaturated/α-hetero) is 2. The van der Waals surface area contributed by atoms with Gasteiger partial charge < -0.3 is 14.6 Å². The van der Waals surface area contributed by atoms with Crippen LogP contribution in [0.25, 0.3) is 66.8 Å². The van der Waals surface area contributed by atoms with E-state index in [0.717, 1.165) is 21.1 Å². The summed E-state index contributed by atoms with van der Waals surface area (Å²) in [4.78, 5) is 36.8. The number of nitrogens with two attached hydrogens (primary N) is 1. The van der Waals surface area contributed by atoms with E-state index in [1.54, 1.807) is 68.4 Å². The quantitative estimate of drug-likeness (QED) is 0.0498. The molecule has 8 rings (SSSR count). The van der Waals surface area contributed by atoms with E-state index in [0.29, 0.717) is 72.4 Å². The summed E-state index contributed by atoms with van der Waals surface area (Å²) in [6, 6.07) is 30.5. The van der Waals surface area contributed by atoms with Crippen molar-refractivity contribution in [2.24, 2.45) is 0 Å². The van der Waals surface area contributed by atoms with Gasteiger partial charge in [0.15, 0.2) is 11.6 Å². The summed E-state index contributed by atoms with van der Waals surface area (Å²) < 4.78 is 90.9. The van der Waals surface area contributed by atoms with Gasteiger partial charge >= 0.3 is 0 Å². The molecule has 0 amide bonds. The average molecular weight is 965 g/mol. The molecule has 14 nitrogen and oxygen atoms in total. The van der Waals surface area contributed by atoms with Crippen LogP contribution in [0.1, 0.15) is 48.8 Å². The summed E-state index contributed by atoms with van der Waals surface area (Å²) in [6.07, 6.45) is 2.55. The van der Waals surface area contributed by atoms with Crippen LogP contribution in [0.3, 0.4) is 0 Å². The van der Waals surface area contributed by atoms with Gasteiger partial charge in [-0.1, -0.05) is 38.1 Å². The third-order valence-electron chi connectivity index (χ3n) is 11.3. The van der Waals surface area contributed by atoms with Gasteiger partial charge in [-0.3, -0.25) is 28.3 Å². The molecule has 6 aromatic carbocycles. The molecule has 0 spiro atoms. The summed E-state index contributed by atoms with van der Waals surface area (Å²) in [6.45, 7) is 3.45. The fourth-order valence-corrected chi connectivity index (χ4v) is 8.63. The van der Waals surface area contributed by atoms with Gasteiger partial charge in [-0.05, 0) is 83.9 Å². The van der Waals surface area contributed by atoms with Crippen molar-refractivity contribution in [2.45, 2.75) is 26.7 Å². The Morgan fingerprint density at radius 2 is 1.01 bits per heavy atom. The normalized spacial score (nSPS) is 11.6.